The summed E-state index contributed by atoms with van der Waals surface area (Å²) in [6.07, 6.45) is 6.50. The predicted molar refractivity (Wildman–Crippen MR) is 74.1 cm³/mol. The summed E-state index contributed by atoms with van der Waals surface area (Å²) < 4.78 is 13.2. The first kappa shape index (κ1) is 13.5. The fourth-order valence-corrected chi connectivity index (χ4v) is 3.49. The molecular formula is C16H24FN. The van der Waals surface area contributed by atoms with Crippen LogP contribution < -0.4 is 5.32 Å². The Morgan fingerprint density at radius 1 is 1.22 bits per heavy atom. The summed E-state index contributed by atoms with van der Waals surface area (Å²) >= 11 is 0. The number of halogens is 1. The second-order valence-corrected chi connectivity index (χ2v) is 5.94. The zero-order valence-electron chi connectivity index (χ0n) is 11.7. The third kappa shape index (κ3) is 2.59. The Balaban J connectivity index is 2.32. The van der Waals surface area contributed by atoms with Crippen molar-refractivity contribution in [1.29, 1.82) is 0 Å². The van der Waals surface area contributed by atoms with E-state index in [2.05, 4.69) is 12.2 Å². The molecule has 1 aromatic rings. The highest BCUT2D eigenvalue weighted by molar-refractivity contribution is 5.31. The van der Waals surface area contributed by atoms with E-state index in [0.717, 1.165) is 5.56 Å². The van der Waals surface area contributed by atoms with Gasteiger partial charge in [0.15, 0.2) is 0 Å². The number of hydrogen-bond acceptors (Lipinski definition) is 1. The maximum absolute atomic E-state index is 13.2. The minimum Gasteiger partial charge on any atom is -0.313 e. The first-order chi connectivity index (χ1) is 8.57. The molecule has 2 rings (SSSR count). The summed E-state index contributed by atoms with van der Waals surface area (Å²) in [6, 6.07) is 5.51. The van der Waals surface area contributed by atoms with Gasteiger partial charge in [-0.05, 0) is 55.5 Å². The highest BCUT2D eigenvalue weighted by atomic mass is 19.1. The van der Waals surface area contributed by atoms with Crippen LogP contribution in [0, 0.1) is 18.2 Å². The van der Waals surface area contributed by atoms with Crippen molar-refractivity contribution in [2.45, 2.75) is 52.0 Å². The molecule has 18 heavy (non-hydrogen) atoms. The first-order valence-electron chi connectivity index (χ1n) is 7.00. The molecule has 0 saturated heterocycles. The fraction of sp³-hybridized carbons (Fsp3) is 0.625. The van der Waals surface area contributed by atoms with Crippen molar-refractivity contribution in [3.05, 3.63) is 35.1 Å². The van der Waals surface area contributed by atoms with Crippen LogP contribution in [0.1, 0.15) is 56.2 Å². The largest absolute Gasteiger partial charge is 0.313 e. The highest BCUT2D eigenvalue weighted by Gasteiger charge is 2.36. The SMILES string of the molecule is CNC(c1ccc(F)cc1C)C1(C)CCCCC1. The summed E-state index contributed by atoms with van der Waals surface area (Å²) in [5, 5.41) is 3.47. The van der Waals surface area contributed by atoms with Gasteiger partial charge in [-0.1, -0.05) is 32.3 Å². The third-order valence-electron chi connectivity index (χ3n) is 4.52. The van der Waals surface area contributed by atoms with E-state index in [1.807, 2.05) is 20.0 Å². The second kappa shape index (κ2) is 5.40. The van der Waals surface area contributed by atoms with Gasteiger partial charge < -0.3 is 5.32 Å². The van der Waals surface area contributed by atoms with E-state index < -0.39 is 0 Å². The van der Waals surface area contributed by atoms with Gasteiger partial charge in [0, 0.05) is 6.04 Å². The monoisotopic (exact) mass is 249 g/mol. The number of rotatable bonds is 3. The molecular weight excluding hydrogens is 225 g/mol. The highest BCUT2D eigenvalue weighted by Crippen LogP contribution is 2.46. The lowest BCUT2D eigenvalue weighted by Gasteiger charge is -2.41. The minimum absolute atomic E-state index is 0.139. The molecule has 1 saturated carbocycles. The number of benzene rings is 1. The molecule has 1 aromatic carbocycles. The standard InChI is InChI=1S/C16H24FN/c1-12-11-13(17)7-8-14(12)15(18-3)16(2)9-5-4-6-10-16/h7-8,11,15,18H,4-6,9-10H2,1-3H3. The molecule has 0 amide bonds. The zero-order chi connectivity index (χ0) is 13.2. The molecule has 0 heterocycles. The third-order valence-corrected chi connectivity index (χ3v) is 4.52. The first-order valence-corrected chi connectivity index (χ1v) is 7.00. The summed E-state index contributed by atoms with van der Waals surface area (Å²) in [5.41, 5.74) is 2.61. The second-order valence-electron chi connectivity index (χ2n) is 5.94. The normalized spacial score (nSPS) is 20.7. The van der Waals surface area contributed by atoms with Gasteiger partial charge in [-0.15, -0.1) is 0 Å². The molecule has 1 atom stereocenters. The Bertz CT molecular complexity index is 408. The van der Waals surface area contributed by atoms with Crippen molar-refractivity contribution < 1.29 is 4.39 Å². The van der Waals surface area contributed by atoms with Crippen LogP contribution in [0.25, 0.3) is 0 Å². The van der Waals surface area contributed by atoms with E-state index in [4.69, 9.17) is 0 Å². The van der Waals surface area contributed by atoms with Gasteiger partial charge >= 0.3 is 0 Å². The molecule has 0 aromatic heterocycles. The number of aryl methyl sites for hydroxylation is 1. The van der Waals surface area contributed by atoms with E-state index in [0.29, 0.717) is 11.5 Å². The molecule has 100 valence electrons. The van der Waals surface area contributed by atoms with Crippen LogP contribution in [0.3, 0.4) is 0 Å². The maximum atomic E-state index is 13.2. The number of nitrogens with one attached hydrogen (secondary N) is 1. The van der Waals surface area contributed by atoms with E-state index in [-0.39, 0.29) is 5.82 Å². The lowest BCUT2D eigenvalue weighted by atomic mass is 9.68. The topological polar surface area (TPSA) is 12.0 Å². The van der Waals surface area contributed by atoms with Crippen LogP contribution in [0.15, 0.2) is 18.2 Å². The molecule has 1 fully saturated rings. The Labute approximate surface area is 110 Å². The molecule has 1 nitrogen and oxygen atoms in total. The lowest BCUT2D eigenvalue weighted by molar-refractivity contribution is 0.150. The van der Waals surface area contributed by atoms with Gasteiger partial charge in [0.25, 0.3) is 0 Å². The van der Waals surface area contributed by atoms with Gasteiger partial charge in [0.1, 0.15) is 5.82 Å². The molecule has 2 heteroatoms. The van der Waals surface area contributed by atoms with Gasteiger partial charge in [-0.25, -0.2) is 4.39 Å². The van der Waals surface area contributed by atoms with E-state index in [1.165, 1.54) is 37.7 Å². The molecule has 1 unspecified atom stereocenters. The van der Waals surface area contributed by atoms with Crippen molar-refractivity contribution >= 4 is 0 Å². The van der Waals surface area contributed by atoms with Gasteiger partial charge in [0.2, 0.25) is 0 Å². The van der Waals surface area contributed by atoms with Crippen LogP contribution in [-0.2, 0) is 0 Å². The molecule has 0 aliphatic heterocycles. The summed E-state index contributed by atoms with van der Waals surface area (Å²) in [7, 11) is 2.02. The van der Waals surface area contributed by atoms with Crippen molar-refractivity contribution in [1.82, 2.24) is 5.32 Å². The van der Waals surface area contributed by atoms with Crippen molar-refractivity contribution in [3.8, 4) is 0 Å². The van der Waals surface area contributed by atoms with Crippen LogP contribution in [0.4, 0.5) is 4.39 Å². The molecule has 1 N–H and O–H groups in total. The minimum atomic E-state index is -0.139. The molecule has 0 bridgehead atoms. The molecule has 0 radical (unpaired) electrons. The maximum Gasteiger partial charge on any atom is 0.123 e. The Morgan fingerprint density at radius 3 is 2.44 bits per heavy atom. The van der Waals surface area contributed by atoms with Crippen LogP contribution in [0.5, 0.6) is 0 Å². The van der Waals surface area contributed by atoms with E-state index in [1.54, 1.807) is 12.1 Å². The summed E-state index contributed by atoms with van der Waals surface area (Å²) in [5.74, 6) is -0.139. The van der Waals surface area contributed by atoms with Crippen molar-refractivity contribution in [2.24, 2.45) is 5.41 Å². The fourth-order valence-electron chi connectivity index (χ4n) is 3.49. The lowest BCUT2D eigenvalue weighted by Crippen LogP contribution is -2.36. The predicted octanol–water partition coefficient (Wildman–Crippen LogP) is 4.37. The molecule has 1 aliphatic carbocycles. The average molecular weight is 249 g/mol. The van der Waals surface area contributed by atoms with Gasteiger partial charge in [0.05, 0.1) is 0 Å². The summed E-state index contributed by atoms with van der Waals surface area (Å²) in [6.45, 7) is 4.38. The van der Waals surface area contributed by atoms with Gasteiger partial charge in [-0.3, -0.25) is 0 Å². The smallest absolute Gasteiger partial charge is 0.123 e. The Kier molecular flexibility index (Phi) is 4.06. The quantitative estimate of drug-likeness (QED) is 0.839. The van der Waals surface area contributed by atoms with Crippen LogP contribution in [0.2, 0.25) is 0 Å². The van der Waals surface area contributed by atoms with Crippen molar-refractivity contribution in [3.63, 3.8) is 0 Å². The Hall–Kier alpha value is -0.890. The van der Waals surface area contributed by atoms with E-state index >= 15 is 0 Å². The molecule has 0 spiro atoms. The number of hydrogen-bond donors (Lipinski definition) is 1. The zero-order valence-corrected chi connectivity index (χ0v) is 11.7. The summed E-state index contributed by atoms with van der Waals surface area (Å²) in [4.78, 5) is 0. The van der Waals surface area contributed by atoms with Crippen molar-refractivity contribution in [2.75, 3.05) is 7.05 Å². The molecule has 1 aliphatic rings. The average Bonchev–Trinajstić information content (AvgIpc) is 2.33. The van der Waals surface area contributed by atoms with E-state index in [9.17, 15) is 4.39 Å². The van der Waals surface area contributed by atoms with Crippen LogP contribution >= 0.6 is 0 Å². The van der Waals surface area contributed by atoms with Gasteiger partial charge in [-0.2, -0.15) is 0 Å². The Morgan fingerprint density at radius 2 is 1.89 bits per heavy atom. The van der Waals surface area contributed by atoms with Crippen LogP contribution in [-0.4, -0.2) is 7.05 Å².